The lowest BCUT2D eigenvalue weighted by Gasteiger charge is -2.37. The lowest BCUT2D eigenvalue weighted by molar-refractivity contribution is -0.0146. The van der Waals surface area contributed by atoms with Gasteiger partial charge in [-0.3, -0.25) is 4.90 Å². The van der Waals surface area contributed by atoms with Crippen LogP contribution >= 0.6 is 11.6 Å². The smallest absolute Gasteiger partial charge is 0.123 e. The van der Waals surface area contributed by atoms with E-state index in [1.807, 2.05) is 18.2 Å². The van der Waals surface area contributed by atoms with E-state index < -0.39 is 0 Å². The van der Waals surface area contributed by atoms with Crippen molar-refractivity contribution in [2.75, 3.05) is 19.6 Å². The van der Waals surface area contributed by atoms with Gasteiger partial charge in [0.25, 0.3) is 0 Å². The second kappa shape index (κ2) is 3.91. The first-order valence-electron chi connectivity index (χ1n) is 5.56. The zero-order valence-electron chi connectivity index (χ0n) is 8.90. The minimum Gasteiger partial charge on any atom is -0.488 e. The molecule has 86 valence electrons. The molecule has 1 unspecified atom stereocenters. The van der Waals surface area contributed by atoms with E-state index in [2.05, 4.69) is 4.90 Å². The van der Waals surface area contributed by atoms with Crippen LogP contribution in [0.3, 0.4) is 0 Å². The Balaban J connectivity index is 1.62. The molecular formula is C12H14ClNO2. The molecule has 3 rings (SSSR count). The van der Waals surface area contributed by atoms with Gasteiger partial charge in [-0.05, 0) is 23.8 Å². The lowest BCUT2D eigenvalue weighted by Crippen LogP contribution is -2.53. The van der Waals surface area contributed by atoms with Gasteiger partial charge in [0.2, 0.25) is 0 Å². The summed E-state index contributed by atoms with van der Waals surface area (Å²) >= 11 is 5.94. The average molecular weight is 240 g/mol. The summed E-state index contributed by atoms with van der Waals surface area (Å²) < 4.78 is 5.82. The normalized spacial score (nSPS) is 25.0. The number of hydrogen-bond acceptors (Lipinski definition) is 3. The number of nitrogens with zero attached hydrogens (tertiary/aromatic N) is 1. The van der Waals surface area contributed by atoms with Crippen molar-refractivity contribution in [3.8, 4) is 5.75 Å². The van der Waals surface area contributed by atoms with E-state index in [1.54, 1.807) is 0 Å². The van der Waals surface area contributed by atoms with Crippen LogP contribution in [-0.2, 0) is 6.42 Å². The topological polar surface area (TPSA) is 32.7 Å². The average Bonchev–Trinajstić information content (AvgIpc) is 2.57. The number of β-amino-alcohol motifs (C(OH)–C–C–N with tert-alkyl or cyclic N) is 1. The molecule has 4 heteroatoms. The lowest BCUT2D eigenvalue weighted by atomic mass is 10.1. The predicted molar refractivity (Wildman–Crippen MR) is 62.0 cm³/mol. The van der Waals surface area contributed by atoms with Crippen molar-refractivity contribution in [1.82, 2.24) is 4.90 Å². The van der Waals surface area contributed by atoms with Crippen LogP contribution in [0.15, 0.2) is 18.2 Å². The second-order valence-corrected chi connectivity index (χ2v) is 5.00. The number of ether oxygens (including phenoxy) is 1. The van der Waals surface area contributed by atoms with Crippen molar-refractivity contribution < 1.29 is 9.84 Å². The highest BCUT2D eigenvalue weighted by atomic mass is 35.5. The predicted octanol–water partition coefficient (Wildman–Crippen LogP) is 1.32. The first-order valence-corrected chi connectivity index (χ1v) is 5.94. The molecule has 1 atom stereocenters. The fourth-order valence-electron chi connectivity index (χ4n) is 2.37. The van der Waals surface area contributed by atoms with E-state index in [1.165, 1.54) is 5.56 Å². The van der Waals surface area contributed by atoms with E-state index >= 15 is 0 Å². The van der Waals surface area contributed by atoms with E-state index in [0.29, 0.717) is 0 Å². The summed E-state index contributed by atoms with van der Waals surface area (Å²) in [6.45, 7) is 2.44. The van der Waals surface area contributed by atoms with Gasteiger partial charge in [0.05, 0.1) is 6.10 Å². The number of hydrogen-bond donors (Lipinski definition) is 1. The Morgan fingerprint density at radius 1 is 1.44 bits per heavy atom. The van der Waals surface area contributed by atoms with Gasteiger partial charge in [-0.25, -0.2) is 0 Å². The molecule has 2 aliphatic heterocycles. The van der Waals surface area contributed by atoms with E-state index in [9.17, 15) is 5.11 Å². The molecular weight excluding hydrogens is 226 g/mol. The Bertz CT molecular complexity index is 404. The molecule has 2 heterocycles. The van der Waals surface area contributed by atoms with Crippen molar-refractivity contribution in [2.24, 2.45) is 0 Å². The highest BCUT2D eigenvalue weighted by Gasteiger charge is 2.30. The van der Waals surface area contributed by atoms with Gasteiger partial charge < -0.3 is 9.84 Å². The fourth-order valence-corrected chi connectivity index (χ4v) is 2.57. The third kappa shape index (κ3) is 1.90. The van der Waals surface area contributed by atoms with Gasteiger partial charge >= 0.3 is 0 Å². The standard InChI is InChI=1S/C12H14ClNO2/c13-9-1-2-12-8(3-9)4-11(16-12)7-14-5-10(15)6-14/h1-3,10-11,15H,4-7H2. The molecule has 2 aliphatic rings. The number of benzene rings is 1. The van der Waals surface area contributed by atoms with Crippen LogP contribution in [0.1, 0.15) is 5.56 Å². The number of rotatable bonds is 2. The summed E-state index contributed by atoms with van der Waals surface area (Å²) in [5.41, 5.74) is 1.19. The maximum absolute atomic E-state index is 9.20. The number of aliphatic hydroxyl groups is 1. The van der Waals surface area contributed by atoms with Crippen molar-refractivity contribution in [3.63, 3.8) is 0 Å². The van der Waals surface area contributed by atoms with Gasteiger partial charge in [0, 0.05) is 31.1 Å². The molecule has 0 aromatic heterocycles. The Labute approximate surface area is 99.6 Å². The minimum absolute atomic E-state index is 0.141. The van der Waals surface area contributed by atoms with Gasteiger partial charge in [-0.15, -0.1) is 0 Å². The minimum atomic E-state index is -0.141. The van der Waals surface area contributed by atoms with Crippen LogP contribution in [0.4, 0.5) is 0 Å². The van der Waals surface area contributed by atoms with Crippen LogP contribution in [-0.4, -0.2) is 41.8 Å². The molecule has 0 radical (unpaired) electrons. The summed E-state index contributed by atoms with van der Waals surface area (Å²) in [6, 6.07) is 5.76. The van der Waals surface area contributed by atoms with Crippen LogP contribution in [0.2, 0.25) is 5.02 Å². The molecule has 1 aromatic rings. The molecule has 0 amide bonds. The van der Waals surface area contributed by atoms with E-state index in [0.717, 1.165) is 36.8 Å². The van der Waals surface area contributed by atoms with Crippen molar-refractivity contribution >= 4 is 11.6 Å². The SMILES string of the molecule is OC1CN(CC2Cc3cc(Cl)ccc3O2)C1. The summed E-state index contributed by atoms with van der Waals surface area (Å²) in [5, 5.41) is 9.97. The molecule has 0 aliphatic carbocycles. The zero-order chi connectivity index (χ0) is 11.1. The largest absolute Gasteiger partial charge is 0.488 e. The van der Waals surface area contributed by atoms with E-state index in [-0.39, 0.29) is 12.2 Å². The molecule has 0 saturated carbocycles. The number of halogens is 1. The van der Waals surface area contributed by atoms with Gasteiger partial charge in [0.1, 0.15) is 11.9 Å². The van der Waals surface area contributed by atoms with E-state index in [4.69, 9.17) is 16.3 Å². The molecule has 1 aromatic carbocycles. The first kappa shape index (κ1) is 10.4. The molecule has 0 bridgehead atoms. The van der Waals surface area contributed by atoms with Gasteiger partial charge in [-0.2, -0.15) is 0 Å². The number of likely N-dealkylation sites (tertiary alicyclic amines) is 1. The molecule has 1 saturated heterocycles. The quantitative estimate of drug-likeness (QED) is 0.845. The summed E-state index contributed by atoms with van der Waals surface area (Å²) in [5.74, 6) is 0.954. The molecule has 16 heavy (non-hydrogen) atoms. The Kier molecular flexibility index (Phi) is 2.54. The second-order valence-electron chi connectivity index (χ2n) is 4.57. The maximum Gasteiger partial charge on any atom is 0.123 e. The Morgan fingerprint density at radius 2 is 2.25 bits per heavy atom. The first-order chi connectivity index (χ1) is 7.70. The highest BCUT2D eigenvalue weighted by molar-refractivity contribution is 6.30. The zero-order valence-corrected chi connectivity index (χ0v) is 9.65. The number of fused-ring (bicyclic) bond motifs is 1. The Morgan fingerprint density at radius 3 is 3.00 bits per heavy atom. The monoisotopic (exact) mass is 239 g/mol. The van der Waals surface area contributed by atoms with Crippen LogP contribution in [0.25, 0.3) is 0 Å². The maximum atomic E-state index is 9.20. The van der Waals surface area contributed by atoms with Crippen LogP contribution in [0, 0.1) is 0 Å². The van der Waals surface area contributed by atoms with Crippen molar-refractivity contribution in [2.45, 2.75) is 18.6 Å². The third-order valence-electron chi connectivity index (χ3n) is 3.16. The summed E-state index contributed by atoms with van der Waals surface area (Å²) in [6.07, 6.45) is 0.988. The third-order valence-corrected chi connectivity index (χ3v) is 3.40. The van der Waals surface area contributed by atoms with Crippen molar-refractivity contribution in [1.29, 1.82) is 0 Å². The molecule has 1 fully saturated rings. The van der Waals surface area contributed by atoms with Crippen LogP contribution < -0.4 is 4.74 Å². The Hall–Kier alpha value is -0.770. The summed E-state index contributed by atoms with van der Waals surface area (Å²) in [4.78, 5) is 2.21. The van der Waals surface area contributed by atoms with Crippen LogP contribution in [0.5, 0.6) is 5.75 Å². The van der Waals surface area contributed by atoms with Crippen molar-refractivity contribution in [3.05, 3.63) is 28.8 Å². The molecule has 0 spiro atoms. The molecule has 3 nitrogen and oxygen atoms in total. The van der Waals surface area contributed by atoms with Gasteiger partial charge in [-0.1, -0.05) is 11.6 Å². The highest BCUT2D eigenvalue weighted by Crippen LogP contribution is 2.31. The van der Waals surface area contributed by atoms with Gasteiger partial charge in [0.15, 0.2) is 0 Å². The fraction of sp³-hybridized carbons (Fsp3) is 0.500. The number of aliphatic hydroxyl groups excluding tert-OH is 1. The summed E-state index contributed by atoms with van der Waals surface area (Å²) in [7, 11) is 0. The molecule has 1 N–H and O–H groups in total.